The molecule has 1 aromatic carbocycles. The lowest BCUT2D eigenvalue weighted by Gasteiger charge is -2.30. The molecule has 0 saturated carbocycles. The zero-order valence-electron chi connectivity index (χ0n) is 15.2. The number of nitrogens with zero attached hydrogens (tertiary/aromatic N) is 1. The molecule has 3 rings (SSSR count). The summed E-state index contributed by atoms with van der Waals surface area (Å²) in [6.07, 6.45) is 1.17. The highest BCUT2D eigenvalue weighted by atomic mass is 35.5. The fourth-order valence-corrected chi connectivity index (χ4v) is 5.01. The van der Waals surface area contributed by atoms with Gasteiger partial charge >= 0.3 is 0 Å². The molecule has 0 radical (unpaired) electrons. The van der Waals surface area contributed by atoms with Gasteiger partial charge in [0.05, 0.1) is 24.3 Å². The Hall–Kier alpha value is -1.99. The SMILES string of the molecule is Cc1cc(O[C@H](C)C(=O)N(Cc2ccco2)[C@@H]2CCS(=O)(=O)C2)ccc1Cl. The summed E-state index contributed by atoms with van der Waals surface area (Å²) in [6.45, 7) is 3.72. The van der Waals surface area contributed by atoms with Gasteiger partial charge in [0.2, 0.25) is 0 Å². The van der Waals surface area contributed by atoms with E-state index in [1.54, 1.807) is 42.2 Å². The minimum absolute atomic E-state index is 0.0355. The van der Waals surface area contributed by atoms with Crippen LogP contribution in [0.3, 0.4) is 0 Å². The Balaban J connectivity index is 1.77. The van der Waals surface area contributed by atoms with Gasteiger partial charge in [-0.25, -0.2) is 8.42 Å². The van der Waals surface area contributed by atoms with E-state index in [2.05, 4.69) is 0 Å². The van der Waals surface area contributed by atoms with Crippen molar-refractivity contribution in [2.75, 3.05) is 11.5 Å². The maximum atomic E-state index is 13.1. The summed E-state index contributed by atoms with van der Waals surface area (Å²) in [7, 11) is -3.13. The van der Waals surface area contributed by atoms with Crippen LogP contribution >= 0.6 is 11.6 Å². The predicted octanol–water partition coefficient (Wildman–Crippen LogP) is 3.22. The largest absolute Gasteiger partial charge is 0.481 e. The molecule has 0 aliphatic carbocycles. The van der Waals surface area contributed by atoms with Gasteiger partial charge in [0, 0.05) is 11.1 Å². The number of aryl methyl sites for hydroxylation is 1. The summed E-state index contributed by atoms with van der Waals surface area (Å²) in [5.74, 6) is 0.912. The van der Waals surface area contributed by atoms with E-state index in [1.807, 2.05) is 6.92 Å². The highest BCUT2D eigenvalue weighted by Gasteiger charge is 2.37. The number of carbonyl (C=O) groups is 1. The van der Waals surface area contributed by atoms with Crippen molar-refractivity contribution in [2.24, 2.45) is 0 Å². The first-order chi connectivity index (χ1) is 12.7. The van der Waals surface area contributed by atoms with Crippen LogP contribution in [0.5, 0.6) is 5.75 Å². The number of amides is 1. The number of hydrogen-bond acceptors (Lipinski definition) is 5. The Morgan fingerprint density at radius 1 is 1.41 bits per heavy atom. The van der Waals surface area contributed by atoms with Crippen molar-refractivity contribution < 1.29 is 22.4 Å². The zero-order valence-corrected chi connectivity index (χ0v) is 16.8. The third-order valence-corrected chi connectivity index (χ3v) is 6.80. The van der Waals surface area contributed by atoms with Crippen molar-refractivity contribution >= 4 is 27.3 Å². The molecule has 2 heterocycles. The summed E-state index contributed by atoms with van der Waals surface area (Å²) in [5.41, 5.74) is 0.850. The highest BCUT2D eigenvalue weighted by molar-refractivity contribution is 7.91. The molecule has 6 nitrogen and oxygen atoms in total. The van der Waals surface area contributed by atoms with Gasteiger partial charge in [0.25, 0.3) is 5.91 Å². The van der Waals surface area contributed by atoms with Crippen molar-refractivity contribution in [1.29, 1.82) is 0 Å². The Kier molecular flexibility index (Phi) is 5.81. The van der Waals surface area contributed by atoms with Gasteiger partial charge in [-0.15, -0.1) is 0 Å². The van der Waals surface area contributed by atoms with Crippen molar-refractivity contribution in [3.05, 3.63) is 52.9 Å². The first-order valence-electron chi connectivity index (χ1n) is 8.71. The summed E-state index contributed by atoms with van der Waals surface area (Å²) in [6, 6.07) is 8.30. The number of carbonyl (C=O) groups excluding carboxylic acids is 1. The van der Waals surface area contributed by atoms with Crippen LogP contribution in [0.2, 0.25) is 5.02 Å². The minimum Gasteiger partial charge on any atom is -0.481 e. The standard InChI is InChI=1S/C19H22ClNO5S/c1-13-10-16(5-6-18(13)20)26-14(2)19(22)21(11-17-4-3-8-25-17)15-7-9-27(23,24)12-15/h3-6,8,10,14-15H,7,9,11-12H2,1-2H3/t14-,15-/m1/s1. The number of hydrogen-bond donors (Lipinski definition) is 0. The fourth-order valence-electron chi connectivity index (χ4n) is 3.16. The van der Waals surface area contributed by atoms with Gasteiger partial charge < -0.3 is 14.1 Å². The van der Waals surface area contributed by atoms with Gasteiger partial charge in [0.15, 0.2) is 15.9 Å². The lowest BCUT2D eigenvalue weighted by atomic mass is 10.2. The van der Waals surface area contributed by atoms with E-state index >= 15 is 0 Å². The lowest BCUT2D eigenvalue weighted by Crippen LogP contribution is -2.46. The van der Waals surface area contributed by atoms with Gasteiger partial charge in [0.1, 0.15) is 11.5 Å². The number of sulfone groups is 1. The van der Waals surface area contributed by atoms with Gasteiger partial charge in [-0.05, 0) is 56.2 Å². The van der Waals surface area contributed by atoms with E-state index in [-0.39, 0.29) is 30.0 Å². The number of benzene rings is 1. The molecule has 2 aromatic rings. The molecule has 1 aliphatic heterocycles. The van der Waals surface area contributed by atoms with Crippen LogP contribution in [0.25, 0.3) is 0 Å². The second-order valence-electron chi connectivity index (χ2n) is 6.77. The fraction of sp³-hybridized carbons (Fsp3) is 0.421. The maximum Gasteiger partial charge on any atom is 0.264 e. The van der Waals surface area contributed by atoms with Crippen LogP contribution in [-0.4, -0.2) is 42.9 Å². The quantitative estimate of drug-likeness (QED) is 0.729. The average Bonchev–Trinajstić information content (AvgIpc) is 3.24. The zero-order chi connectivity index (χ0) is 19.6. The number of ether oxygens (including phenoxy) is 1. The first kappa shape index (κ1) is 19.8. The third kappa shape index (κ3) is 4.84. The molecule has 8 heteroatoms. The third-order valence-electron chi connectivity index (χ3n) is 4.63. The van der Waals surface area contributed by atoms with Crippen LogP contribution in [-0.2, 0) is 21.2 Å². The molecule has 146 valence electrons. The Bertz CT molecular complexity index is 910. The van der Waals surface area contributed by atoms with Crippen molar-refractivity contribution in [3.63, 3.8) is 0 Å². The molecule has 0 bridgehead atoms. The summed E-state index contributed by atoms with van der Waals surface area (Å²) in [4.78, 5) is 14.6. The van der Waals surface area contributed by atoms with E-state index < -0.39 is 15.9 Å². The molecular weight excluding hydrogens is 390 g/mol. The molecule has 27 heavy (non-hydrogen) atoms. The van der Waals surface area contributed by atoms with Crippen LogP contribution in [0.15, 0.2) is 41.0 Å². The Labute approximate surface area is 164 Å². The maximum absolute atomic E-state index is 13.1. The molecule has 1 aromatic heterocycles. The number of rotatable bonds is 6. The van der Waals surface area contributed by atoms with Crippen LogP contribution < -0.4 is 4.74 Å². The average molecular weight is 412 g/mol. The van der Waals surface area contributed by atoms with Crippen LogP contribution in [0.4, 0.5) is 0 Å². The molecule has 0 N–H and O–H groups in total. The summed E-state index contributed by atoms with van der Waals surface area (Å²) in [5, 5.41) is 0.622. The van der Waals surface area contributed by atoms with E-state index in [9.17, 15) is 13.2 Å². The van der Waals surface area contributed by atoms with E-state index in [0.717, 1.165) is 5.56 Å². The molecule has 1 aliphatic rings. The highest BCUT2D eigenvalue weighted by Crippen LogP contribution is 2.24. The van der Waals surface area contributed by atoms with Crippen molar-refractivity contribution in [3.8, 4) is 5.75 Å². The molecule has 1 saturated heterocycles. The molecular formula is C19H22ClNO5S. The topological polar surface area (TPSA) is 76.8 Å². The second-order valence-corrected chi connectivity index (χ2v) is 9.41. The van der Waals surface area contributed by atoms with E-state index in [4.69, 9.17) is 20.8 Å². The Morgan fingerprint density at radius 2 is 2.19 bits per heavy atom. The summed E-state index contributed by atoms with van der Waals surface area (Å²) >= 11 is 6.02. The number of halogens is 1. The van der Waals surface area contributed by atoms with Gasteiger partial charge in [-0.2, -0.15) is 0 Å². The van der Waals surface area contributed by atoms with Gasteiger partial charge in [-0.3, -0.25) is 4.79 Å². The molecule has 1 amide bonds. The van der Waals surface area contributed by atoms with Crippen molar-refractivity contribution in [2.45, 2.75) is 39.0 Å². The van der Waals surface area contributed by atoms with E-state index in [1.165, 1.54) is 6.26 Å². The molecule has 2 atom stereocenters. The predicted molar refractivity (Wildman–Crippen MR) is 103 cm³/mol. The normalized spacial score (nSPS) is 19.6. The molecule has 0 spiro atoms. The smallest absolute Gasteiger partial charge is 0.264 e. The minimum atomic E-state index is -3.13. The van der Waals surface area contributed by atoms with E-state index in [0.29, 0.717) is 23.0 Å². The molecule has 0 unspecified atom stereocenters. The Morgan fingerprint density at radius 3 is 2.78 bits per heavy atom. The second kappa shape index (κ2) is 7.94. The summed E-state index contributed by atoms with van der Waals surface area (Å²) < 4.78 is 34.9. The monoisotopic (exact) mass is 411 g/mol. The first-order valence-corrected chi connectivity index (χ1v) is 10.9. The van der Waals surface area contributed by atoms with Crippen LogP contribution in [0.1, 0.15) is 24.7 Å². The van der Waals surface area contributed by atoms with Gasteiger partial charge in [-0.1, -0.05) is 11.6 Å². The molecule has 1 fully saturated rings. The lowest BCUT2D eigenvalue weighted by molar-refractivity contribution is -0.140. The number of furan rings is 1. The van der Waals surface area contributed by atoms with Crippen molar-refractivity contribution in [1.82, 2.24) is 4.90 Å². The van der Waals surface area contributed by atoms with Crippen LogP contribution in [0, 0.1) is 6.92 Å².